The van der Waals surface area contributed by atoms with Crippen molar-refractivity contribution < 1.29 is 22.1 Å². The van der Waals surface area contributed by atoms with Crippen molar-refractivity contribution in [2.45, 2.75) is 37.8 Å². The molecule has 3 aromatic rings. The molecule has 0 aliphatic carbocycles. The fraction of sp³-hybridized carbons (Fsp3) is 0.286. The maximum absolute atomic E-state index is 13.5. The van der Waals surface area contributed by atoms with Crippen molar-refractivity contribution in [1.82, 2.24) is 14.5 Å². The zero-order chi connectivity index (χ0) is 24.2. The van der Waals surface area contributed by atoms with Crippen LogP contribution in [-0.4, -0.2) is 35.7 Å². The van der Waals surface area contributed by atoms with Crippen LogP contribution in [0.1, 0.15) is 37.0 Å². The van der Waals surface area contributed by atoms with Gasteiger partial charge >= 0.3 is 16.2 Å². The standard InChI is InChI=1S/C21H22Cl2N4O5S/c1-13(2)19-20(33(29,30)32-17-10-14(22)9-15(23)11-17)27(12-16-5-3-4-7-25-16)18(26-19)6-8-31-21(24)28/h3-5,7,9-11,13H,6,8,12H2,1-2H3,(H2,24,28). The van der Waals surface area contributed by atoms with E-state index in [1.807, 2.05) is 13.8 Å². The highest BCUT2D eigenvalue weighted by Gasteiger charge is 2.31. The van der Waals surface area contributed by atoms with Crippen molar-refractivity contribution in [3.05, 3.63) is 69.9 Å². The topological polar surface area (TPSA) is 126 Å². The first-order valence-corrected chi connectivity index (χ1v) is 12.0. The number of benzene rings is 1. The predicted molar refractivity (Wildman–Crippen MR) is 123 cm³/mol. The minimum atomic E-state index is -4.37. The summed E-state index contributed by atoms with van der Waals surface area (Å²) >= 11 is 12.0. The second-order valence-corrected chi connectivity index (χ2v) is 9.67. The van der Waals surface area contributed by atoms with E-state index < -0.39 is 16.2 Å². The third-order valence-corrected chi connectivity index (χ3v) is 6.22. The molecule has 0 unspecified atom stereocenters. The predicted octanol–water partition coefficient (Wildman–Crippen LogP) is 4.16. The molecule has 0 aliphatic heterocycles. The van der Waals surface area contributed by atoms with Crippen LogP contribution in [0.4, 0.5) is 4.79 Å². The summed E-state index contributed by atoms with van der Waals surface area (Å²) in [6.45, 7) is 3.65. The Balaban J connectivity index is 2.11. The van der Waals surface area contributed by atoms with E-state index in [-0.39, 0.29) is 46.3 Å². The summed E-state index contributed by atoms with van der Waals surface area (Å²) in [6.07, 6.45) is 0.800. The van der Waals surface area contributed by atoms with Gasteiger partial charge in [0.2, 0.25) is 0 Å². The van der Waals surface area contributed by atoms with Crippen molar-refractivity contribution in [2.75, 3.05) is 6.61 Å². The van der Waals surface area contributed by atoms with Crippen LogP contribution in [0.25, 0.3) is 0 Å². The Morgan fingerprint density at radius 3 is 2.45 bits per heavy atom. The Kier molecular flexibility index (Phi) is 7.83. The van der Waals surface area contributed by atoms with Gasteiger partial charge in [-0.25, -0.2) is 9.78 Å². The number of pyridine rings is 1. The molecule has 1 amide bonds. The molecule has 0 radical (unpaired) electrons. The number of hydrogen-bond donors (Lipinski definition) is 1. The summed E-state index contributed by atoms with van der Waals surface area (Å²) in [4.78, 5) is 19.8. The van der Waals surface area contributed by atoms with E-state index in [0.29, 0.717) is 17.2 Å². The fourth-order valence-electron chi connectivity index (χ4n) is 3.14. The maximum atomic E-state index is 13.5. The van der Waals surface area contributed by atoms with E-state index in [1.165, 1.54) is 22.8 Å². The molecule has 0 atom stereocenters. The quantitative estimate of drug-likeness (QED) is 0.426. The van der Waals surface area contributed by atoms with Crippen molar-refractivity contribution in [1.29, 1.82) is 0 Å². The minimum absolute atomic E-state index is 0.0357. The van der Waals surface area contributed by atoms with Gasteiger partial charge in [0, 0.05) is 34.8 Å². The number of nitrogens with zero attached hydrogens (tertiary/aromatic N) is 3. The van der Waals surface area contributed by atoms with Crippen LogP contribution in [0, 0.1) is 0 Å². The highest BCUT2D eigenvalue weighted by molar-refractivity contribution is 7.87. The highest BCUT2D eigenvalue weighted by atomic mass is 35.5. The lowest BCUT2D eigenvalue weighted by molar-refractivity contribution is 0.157. The van der Waals surface area contributed by atoms with Gasteiger partial charge in [0.15, 0.2) is 5.03 Å². The number of nitrogens with two attached hydrogens (primary N) is 1. The number of aromatic nitrogens is 3. The number of hydrogen-bond acceptors (Lipinski definition) is 7. The van der Waals surface area contributed by atoms with Crippen LogP contribution in [-0.2, 0) is 27.8 Å². The Labute approximate surface area is 201 Å². The fourth-order valence-corrected chi connectivity index (χ4v) is 5.05. The summed E-state index contributed by atoms with van der Waals surface area (Å²) in [5.74, 6) is 0.0745. The number of halogens is 2. The molecule has 3 rings (SSSR count). The average molecular weight is 513 g/mol. The van der Waals surface area contributed by atoms with Crippen LogP contribution >= 0.6 is 23.2 Å². The van der Waals surface area contributed by atoms with Gasteiger partial charge in [-0.3, -0.25) is 4.98 Å². The minimum Gasteiger partial charge on any atom is -0.449 e. The van der Waals surface area contributed by atoms with E-state index in [4.69, 9.17) is 37.9 Å². The van der Waals surface area contributed by atoms with Crippen molar-refractivity contribution >= 4 is 39.4 Å². The van der Waals surface area contributed by atoms with Crippen molar-refractivity contribution in [3.63, 3.8) is 0 Å². The second-order valence-electron chi connectivity index (χ2n) is 7.34. The molecule has 12 heteroatoms. The molecule has 33 heavy (non-hydrogen) atoms. The van der Waals surface area contributed by atoms with Crippen molar-refractivity contribution in [3.8, 4) is 5.75 Å². The molecule has 0 aliphatic rings. The van der Waals surface area contributed by atoms with E-state index in [9.17, 15) is 13.2 Å². The van der Waals surface area contributed by atoms with Crippen LogP contribution in [0.2, 0.25) is 10.0 Å². The van der Waals surface area contributed by atoms with Crippen molar-refractivity contribution in [2.24, 2.45) is 5.73 Å². The summed E-state index contributed by atoms with van der Waals surface area (Å²) in [5.41, 5.74) is 5.95. The zero-order valence-electron chi connectivity index (χ0n) is 17.9. The Morgan fingerprint density at radius 1 is 1.18 bits per heavy atom. The molecule has 2 N–H and O–H groups in total. The lowest BCUT2D eigenvalue weighted by Gasteiger charge is -2.14. The number of imidazole rings is 1. The normalized spacial score (nSPS) is 11.5. The highest BCUT2D eigenvalue weighted by Crippen LogP contribution is 2.31. The molecule has 0 fully saturated rings. The summed E-state index contributed by atoms with van der Waals surface area (Å²) < 4.78 is 38.6. The summed E-state index contributed by atoms with van der Waals surface area (Å²) in [6, 6.07) is 9.46. The zero-order valence-corrected chi connectivity index (χ0v) is 20.2. The number of rotatable bonds is 9. The molecule has 1 aromatic carbocycles. The van der Waals surface area contributed by atoms with Gasteiger partial charge in [-0.05, 0) is 24.1 Å². The molecule has 0 saturated carbocycles. The second kappa shape index (κ2) is 10.4. The first-order valence-electron chi connectivity index (χ1n) is 9.89. The van der Waals surface area contributed by atoms with E-state index >= 15 is 0 Å². The van der Waals surface area contributed by atoms with Gasteiger partial charge < -0.3 is 19.2 Å². The van der Waals surface area contributed by atoms with Gasteiger partial charge in [0.25, 0.3) is 0 Å². The number of amides is 1. The first kappa shape index (κ1) is 24.8. The van der Waals surface area contributed by atoms with E-state index in [0.717, 1.165) is 0 Å². The summed E-state index contributed by atoms with van der Waals surface area (Å²) in [5, 5.41) is 0.319. The number of primary amides is 1. The van der Waals surface area contributed by atoms with E-state index in [1.54, 1.807) is 24.4 Å². The lowest BCUT2D eigenvalue weighted by atomic mass is 10.1. The molecule has 0 saturated heterocycles. The smallest absolute Gasteiger partial charge is 0.404 e. The summed E-state index contributed by atoms with van der Waals surface area (Å²) in [7, 11) is -4.37. The van der Waals surface area contributed by atoms with Crippen LogP contribution in [0.5, 0.6) is 5.75 Å². The molecular formula is C21H22Cl2N4O5S. The van der Waals surface area contributed by atoms with Crippen LogP contribution < -0.4 is 9.92 Å². The molecule has 0 bridgehead atoms. The van der Waals surface area contributed by atoms with Gasteiger partial charge in [0.1, 0.15) is 18.2 Å². The third kappa shape index (κ3) is 6.37. The monoisotopic (exact) mass is 512 g/mol. The Morgan fingerprint density at radius 2 is 1.88 bits per heavy atom. The number of carbonyl (C=O) groups excluding carboxylic acids is 1. The Bertz CT molecular complexity index is 1230. The molecule has 2 aromatic heterocycles. The number of ether oxygens (including phenoxy) is 1. The first-order chi connectivity index (χ1) is 15.6. The van der Waals surface area contributed by atoms with Gasteiger partial charge in [-0.2, -0.15) is 8.42 Å². The third-order valence-electron chi connectivity index (χ3n) is 4.47. The van der Waals surface area contributed by atoms with E-state index in [2.05, 4.69) is 9.97 Å². The molecule has 0 spiro atoms. The van der Waals surface area contributed by atoms with Crippen LogP contribution in [0.3, 0.4) is 0 Å². The van der Waals surface area contributed by atoms with Gasteiger partial charge in [0.05, 0.1) is 17.9 Å². The number of carbonyl (C=O) groups is 1. The largest absolute Gasteiger partial charge is 0.449 e. The SMILES string of the molecule is CC(C)c1nc(CCOC(N)=O)n(Cc2ccccn2)c1S(=O)(=O)Oc1cc(Cl)cc(Cl)c1. The Hall–Kier alpha value is -2.82. The van der Waals surface area contributed by atoms with Crippen LogP contribution in [0.15, 0.2) is 47.6 Å². The van der Waals surface area contributed by atoms with Gasteiger partial charge in [-0.15, -0.1) is 0 Å². The molecule has 9 nitrogen and oxygen atoms in total. The molecule has 2 heterocycles. The maximum Gasteiger partial charge on any atom is 0.404 e. The average Bonchev–Trinajstić information content (AvgIpc) is 3.07. The molecular weight excluding hydrogens is 491 g/mol. The molecule has 176 valence electrons. The lowest BCUT2D eigenvalue weighted by Crippen LogP contribution is -2.20. The van der Waals surface area contributed by atoms with Gasteiger partial charge in [-0.1, -0.05) is 43.1 Å².